The molecule has 0 heterocycles. The van der Waals surface area contributed by atoms with Crippen molar-refractivity contribution in [3.05, 3.63) is 64.2 Å². The molecule has 0 bridgehead atoms. The number of carbonyl (C=O) groups excluding carboxylic acids is 1. The molecule has 0 aliphatic rings. The first-order chi connectivity index (χ1) is 14.0. The highest BCUT2D eigenvalue weighted by molar-refractivity contribution is 14.0. The molecule has 0 aliphatic heterocycles. The molecule has 1 amide bonds. The Labute approximate surface area is 200 Å². The summed E-state index contributed by atoms with van der Waals surface area (Å²) >= 11 is 6.04. The van der Waals surface area contributed by atoms with Crippen LogP contribution in [0, 0.1) is 6.92 Å². The number of ether oxygens (including phenoxy) is 1. The molecule has 3 N–H and O–H groups in total. The van der Waals surface area contributed by atoms with Gasteiger partial charge in [0, 0.05) is 32.2 Å². The van der Waals surface area contributed by atoms with Gasteiger partial charge < -0.3 is 20.7 Å². The maximum Gasteiger partial charge on any atom is 0.252 e. The lowest BCUT2D eigenvalue weighted by Gasteiger charge is -2.15. The monoisotopic (exact) mass is 544 g/mol. The average Bonchev–Trinajstić information content (AvgIpc) is 2.72. The number of halogens is 2. The number of aryl methyl sites for hydroxylation is 1. The second-order valence-electron chi connectivity index (χ2n) is 6.55. The van der Waals surface area contributed by atoms with Gasteiger partial charge in [0.1, 0.15) is 5.75 Å². The second-order valence-corrected chi connectivity index (χ2v) is 6.96. The standard InChI is InChI=1S/C22H29ClN4O2.HI/c1-4-13-29-20-14-16(2)9-10-17(20)15-27-22(24-3)26-12-11-25-21(28)18-7-5-6-8-19(18)23;/h5-10,14H,4,11-13,15H2,1-3H3,(H,25,28)(H2,24,26,27);1H. The molecule has 2 aromatic rings. The van der Waals surface area contributed by atoms with E-state index in [4.69, 9.17) is 16.3 Å². The molecule has 2 rings (SSSR count). The Morgan fingerprint density at radius 1 is 1.10 bits per heavy atom. The number of hydrogen-bond acceptors (Lipinski definition) is 3. The number of nitrogens with zero attached hydrogens (tertiary/aromatic N) is 1. The Morgan fingerprint density at radius 2 is 1.83 bits per heavy atom. The first-order valence-electron chi connectivity index (χ1n) is 9.74. The van der Waals surface area contributed by atoms with Crippen molar-refractivity contribution in [1.29, 1.82) is 0 Å². The fraction of sp³-hybridized carbons (Fsp3) is 0.364. The van der Waals surface area contributed by atoms with E-state index in [1.54, 1.807) is 31.3 Å². The quantitative estimate of drug-likeness (QED) is 0.192. The van der Waals surface area contributed by atoms with Gasteiger partial charge in [0.15, 0.2) is 5.96 Å². The van der Waals surface area contributed by atoms with Gasteiger partial charge in [-0.3, -0.25) is 9.79 Å². The smallest absolute Gasteiger partial charge is 0.252 e. The molecule has 0 spiro atoms. The van der Waals surface area contributed by atoms with Crippen molar-refractivity contribution in [2.45, 2.75) is 26.8 Å². The first-order valence-corrected chi connectivity index (χ1v) is 10.1. The fourth-order valence-electron chi connectivity index (χ4n) is 2.65. The summed E-state index contributed by atoms with van der Waals surface area (Å²) in [5.41, 5.74) is 2.70. The van der Waals surface area contributed by atoms with E-state index in [9.17, 15) is 4.79 Å². The van der Waals surface area contributed by atoms with Crippen LogP contribution < -0.4 is 20.7 Å². The Balaban J connectivity index is 0.00000450. The summed E-state index contributed by atoms with van der Waals surface area (Å²) in [4.78, 5) is 16.4. The van der Waals surface area contributed by atoms with Crippen molar-refractivity contribution >= 4 is 47.4 Å². The van der Waals surface area contributed by atoms with Gasteiger partial charge in [0.05, 0.1) is 17.2 Å². The Hall–Kier alpha value is -2.00. The van der Waals surface area contributed by atoms with Crippen LogP contribution in [0.5, 0.6) is 5.75 Å². The molecule has 0 fully saturated rings. The predicted molar refractivity (Wildman–Crippen MR) is 134 cm³/mol. The lowest BCUT2D eigenvalue weighted by molar-refractivity contribution is 0.0954. The molecule has 0 atom stereocenters. The third-order valence-corrected chi connectivity index (χ3v) is 4.51. The third kappa shape index (κ3) is 8.39. The Bertz CT molecular complexity index is 846. The molecule has 6 nitrogen and oxygen atoms in total. The van der Waals surface area contributed by atoms with Crippen LogP contribution in [0.25, 0.3) is 0 Å². The van der Waals surface area contributed by atoms with Crippen LogP contribution in [0.4, 0.5) is 0 Å². The van der Waals surface area contributed by atoms with Crippen molar-refractivity contribution in [2.75, 3.05) is 26.7 Å². The van der Waals surface area contributed by atoms with Crippen LogP contribution in [0.15, 0.2) is 47.5 Å². The number of nitrogens with one attached hydrogen (secondary N) is 3. The number of guanidine groups is 1. The predicted octanol–water partition coefficient (Wildman–Crippen LogP) is 4.15. The minimum absolute atomic E-state index is 0. The van der Waals surface area contributed by atoms with Gasteiger partial charge in [-0.1, -0.05) is 42.8 Å². The largest absolute Gasteiger partial charge is 0.493 e. The molecule has 0 unspecified atom stereocenters. The van der Waals surface area contributed by atoms with Crippen LogP contribution in [-0.2, 0) is 6.54 Å². The van der Waals surface area contributed by atoms with Gasteiger partial charge in [-0.05, 0) is 37.1 Å². The van der Waals surface area contributed by atoms with Crippen LogP contribution in [-0.4, -0.2) is 38.6 Å². The van der Waals surface area contributed by atoms with Gasteiger partial charge >= 0.3 is 0 Å². The van der Waals surface area contributed by atoms with Crippen molar-refractivity contribution in [3.8, 4) is 5.75 Å². The maximum atomic E-state index is 12.2. The lowest BCUT2D eigenvalue weighted by Crippen LogP contribution is -2.41. The van der Waals surface area contributed by atoms with Gasteiger partial charge in [0.2, 0.25) is 0 Å². The number of benzene rings is 2. The van der Waals surface area contributed by atoms with E-state index < -0.39 is 0 Å². The summed E-state index contributed by atoms with van der Waals surface area (Å²) in [7, 11) is 1.71. The Kier molecular flexibility index (Phi) is 12.2. The molecule has 0 radical (unpaired) electrons. The lowest BCUT2D eigenvalue weighted by atomic mass is 10.1. The summed E-state index contributed by atoms with van der Waals surface area (Å²) in [6.07, 6.45) is 0.962. The minimum atomic E-state index is -0.197. The SMILES string of the molecule is CCCOc1cc(C)ccc1CNC(=NC)NCCNC(=O)c1ccccc1Cl.I. The van der Waals surface area contributed by atoms with Crippen LogP contribution in [0.2, 0.25) is 5.02 Å². The van der Waals surface area contributed by atoms with E-state index in [1.165, 1.54) is 0 Å². The van der Waals surface area contributed by atoms with Gasteiger partial charge in [0.25, 0.3) is 5.91 Å². The average molecular weight is 545 g/mol. The van der Waals surface area contributed by atoms with E-state index in [2.05, 4.69) is 40.0 Å². The van der Waals surface area contributed by atoms with Crippen molar-refractivity contribution in [2.24, 2.45) is 4.99 Å². The molecule has 8 heteroatoms. The van der Waals surface area contributed by atoms with Crippen LogP contribution >= 0.6 is 35.6 Å². The van der Waals surface area contributed by atoms with Crippen molar-refractivity contribution in [1.82, 2.24) is 16.0 Å². The van der Waals surface area contributed by atoms with E-state index in [-0.39, 0.29) is 29.9 Å². The first kappa shape index (κ1) is 26.0. The number of rotatable bonds is 9. The molecule has 164 valence electrons. The number of hydrogen-bond donors (Lipinski definition) is 3. The molecule has 0 aromatic heterocycles. The van der Waals surface area contributed by atoms with Crippen molar-refractivity contribution in [3.63, 3.8) is 0 Å². The summed E-state index contributed by atoms with van der Waals surface area (Å²) in [6, 6.07) is 13.2. The number of aliphatic imine (C=N–C) groups is 1. The highest BCUT2D eigenvalue weighted by atomic mass is 127. The number of carbonyl (C=O) groups is 1. The zero-order chi connectivity index (χ0) is 21.1. The van der Waals surface area contributed by atoms with Gasteiger partial charge in [-0.25, -0.2) is 0 Å². The Morgan fingerprint density at radius 3 is 2.53 bits per heavy atom. The molecule has 0 saturated carbocycles. The van der Waals surface area contributed by atoms with Gasteiger partial charge in [-0.2, -0.15) is 0 Å². The number of amides is 1. The summed E-state index contributed by atoms with van der Waals surface area (Å²) < 4.78 is 5.85. The molecule has 0 saturated heterocycles. The molecule has 2 aromatic carbocycles. The summed E-state index contributed by atoms with van der Waals surface area (Å²) in [6.45, 7) is 6.39. The minimum Gasteiger partial charge on any atom is -0.493 e. The van der Waals surface area contributed by atoms with E-state index in [1.807, 2.05) is 13.0 Å². The third-order valence-electron chi connectivity index (χ3n) is 4.18. The van der Waals surface area contributed by atoms with E-state index in [0.717, 1.165) is 23.3 Å². The zero-order valence-corrected chi connectivity index (χ0v) is 20.7. The highest BCUT2D eigenvalue weighted by Gasteiger charge is 2.09. The molecule has 30 heavy (non-hydrogen) atoms. The van der Waals surface area contributed by atoms with Crippen LogP contribution in [0.3, 0.4) is 0 Å². The normalized spacial score (nSPS) is 10.7. The van der Waals surface area contributed by atoms with E-state index >= 15 is 0 Å². The molecule has 0 aliphatic carbocycles. The zero-order valence-electron chi connectivity index (χ0n) is 17.6. The van der Waals surface area contributed by atoms with E-state index in [0.29, 0.717) is 42.8 Å². The van der Waals surface area contributed by atoms with Crippen molar-refractivity contribution < 1.29 is 9.53 Å². The molecular formula is C22H30ClIN4O2. The maximum absolute atomic E-state index is 12.2. The summed E-state index contributed by atoms with van der Waals surface area (Å²) in [5, 5.41) is 9.74. The van der Waals surface area contributed by atoms with Crippen LogP contribution in [0.1, 0.15) is 34.8 Å². The second kappa shape index (κ2) is 14.1. The fourth-order valence-corrected chi connectivity index (χ4v) is 2.87. The highest BCUT2D eigenvalue weighted by Crippen LogP contribution is 2.20. The topological polar surface area (TPSA) is 74.8 Å². The molecular weight excluding hydrogens is 515 g/mol. The van der Waals surface area contributed by atoms with Gasteiger partial charge in [-0.15, -0.1) is 24.0 Å². The summed E-state index contributed by atoms with van der Waals surface area (Å²) in [5.74, 6) is 1.35.